The van der Waals surface area contributed by atoms with Gasteiger partial charge in [0.25, 0.3) is 0 Å². The zero-order valence-electron chi connectivity index (χ0n) is 37.4. The highest BCUT2D eigenvalue weighted by Crippen LogP contribution is 2.56. The van der Waals surface area contributed by atoms with E-state index >= 15 is 0 Å². The van der Waals surface area contributed by atoms with E-state index in [0.29, 0.717) is 52.6 Å². The van der Waals surface area contributed by atoms with Crippen LogP contribution in [-0.2, 0) is 41.0 Å². The standard InChI is InChI=1S/C55H67NO5/c1-39-13-21-48-49-24-20-45(38-53(49)55(52(48)35-39,26-9-29-60-33-31-58-4)27-10-30-61-34-32-59-5)44-19-23-47-46-22-18-43(42-16-14-41(15-17-42)12-8-11-40(2)57)36-50(46)54(3,51(47)37-44)25-6-7-28-56/h13-24,35-38H,6-12,25-34,56H2,1-5H3. The maximum absolute atomic E-state index is 11.5. The van der Waals surface area contributed by atoms with Crippen LogP contribution < -0.4 is 5.73 Å². The highest BCUT2D eigenvalue weighted by molar-refractivity contribution is 5.88. The van der Waals surface area contributed by atoms with Gasteiger partial charge in [0.05, 0.1) is 26.4 Å². The molecule has 0 heterocycles. The molecule has 1 atom stereocenters. The van der Waals surface area contributed by atoms with E-state index in [1.807, 2.05) is 0 Å². The SMILES string of the molecule is COCCOCCCC1(CCCOCCOC)c2cc(C)ccc2-c2ccc(-c3ccc4c(c3)C(C)(CCCCN)c3cc(-c5ccc(CCCC(C)=O)cc5)ccc3-4)cc21. The molecule has 0 amide bonds. The smallest absolute Gasteiger partial charge is 0.129 e. The molecule has 2 N–H and O–H groups in total. The maximum atomic E-state index is 11.5. The Balaban J connectivity index is 1.24. The second kappa shape index (κ2) is 20.6. The first-order valence-corrected chi connectivity index (χ1v) is 22.7. The van der Waals surface area contributed by atoms with Crippen molar-refractivity contribution in [3.8, 4) is 44.5 Å². The van der Waals surface area contributed by atoms with Crippen LogP contribution in [0.5, 0.6) is 0 Å². The van der Waals surface area contributed by atoms with Crippen LogP contribution in [0.4, 0.5) is 0 Å². The number of Topliss-reactive ketones (excluding diaryl/α,β-unsaturated/α-hetero) is 1. The highest BCUT2D eigenvalue weighted by atomic mass is 16.5. The summed E-state index contributed by atoms with van der Waals surface area (Å²) in [4.78, 5) is 11.5. The molecule has 322 valence electrons. The normalized spacial score (nSPS) is 15.7. The summed E-state index contributed by atoms with van der Waals surface area (Å²) in [6, 6.07) is 37.5. The zero-order valence-corrected chi connectivity index (χ0v) is 37.4. The van der Waals surface area contributed by atoms with Gasteiger partial charge in [0.15, 0.2) is 0 Å². The molecule has 0 bridgehead atoms. The van der Waals surface area contributed by atoms with E-state index in [2.05, 4.69) is 111 Å². The third-order valence-corrected chi connectivity index (χ3v) is 13.4. The minimum absolute atomic E-state index is 0.154. The number of methoxy groups -OCH3 is 2. The van der Waals surface area contributed by atoms with Crippen molar-refractivity contribution in [2.75, 3.05) is 60.4 Å². The van der Waals surface area contributed by atoms with Gasteiger partial charge < -0.3 is 29.5 Å². The van der Waals surface area contributed by atoms with Crippen LogP contribution in [0.2, 0.25) is 0 Å². The molecule has 0 aliphatic heterocycles. The van der Waals surface area contributed by atoms with Crippen LogP contribution in [-0.4, -0.2) is 66.2 Å². The lowest BCUT2D eigenvalue weighted by Gasteiger charge is -2.33. The van der Waals surface area contributed by atoms with Crippen LogP contribution in [0, 0.1) is 6.92 Å². The summed E-state index contributed by atoms with van der Waals surface area (Å²) >= 11 is 0. The van der Waals surface area contributed by atoms with Crippen molar-refractivity contribution < 1.29 is 23.7 Å². The number of aryl methyl sites for hydroxylation is 2. The van der Waals surface area contributed by atoms with Gasteiger partial charge in [0.1, 0.15) is 5.78 Å². The molecule has 6 nitrogen and oxygen atoms in total. The lowest BCUT2D eigenvalue weighted by Crippen LogP contribution is -2.27. The summed E-state index contributed by atoms with van der Waals surface area (Å²) in [6.07, 6.45) is 9.46. The molecule has 0 saturated carbocycles. The topological polar surface area (TPSA) is 80.0 Å². The number of ether oxygens (including phenoxy) is 4. The molecule has 2 aliphatic carbocycles. The molecule has 6 heteroatoms. The molecule has 0 radical (unpaired) electrons. The minimum Gasteiger partial charge on any atom is -0.382 e. The summed E-state index contributed by atoms with van der Waals surface area (Å²) in [5.41, 5.74) is 24.3. The van der Waals surface area contributed by atoms with Crippen molar-refractivity contribution in [3.63, 3.8) is 0 Å². The molecular formula is C55H67NO5. The number of benzene rings is 5. The number of carbonyl (C=O) groups is 1. The number of ketones is 1. The molecule has 0 saturated heterocycles. The Bertz CT molecular complexity index is 2240. The fraction of sp³-hybridized carbons (Fsp3) is 0.436. The molecule has 5 aromatic rings. The molecule has 0 spiro atoms. The maximum Gasteiger partial charge on any atom is 0.129 e. The van der Waals surface area contributed by atoms with E-state index in [0.717, 1.165) is 57.8 Å². The predicted molar refractivity (Wildman–Crippen MR) is 251 cm³/mol. The van der Waals surface area contributed by atoms with E-state index < -0.39 is 0 Å². The largest absolute Gasteiger partial charge is 0.382 e. The minimum atomic E-state index is -0.158. The number of fused-ring (bicyclic) bond motifs is 6. The fourth-order valence-electron chi connectivity index (χ4n) is 10.2. The molecule has 7 rings (SSSR count). The van der Waals surface area contributed by atoms with E-state index in [-0.39, 0.29) is 16.6 Å². The molecule has 1 unspecified atom stereocenters. The quantitative estimate of drug-likeness (QED) is 0.0625. The van der Waals surface area contributed by atoms with Crippen molar-refractivity contribution in [2.24, 2.45) is 5.73 Å². The summed E-state index contributed by atoms with van der Waals surface area (Å²) < 4.78 is 22.6. The highest BCUT2D eigenvalue weighted by Gasteiger charge is 2.43. The van der Waals surface area contributed by atoms with Gasteiger partial charge in [-0.15, -0.1) is 0 Å². The predicted octanol–water partition coefficient (Wildman–Crippen LogP) is 11.8. The van der Waals surface area contributed by atoms with Crippen LogP contribution in [0.25, 0.3) is 44.5 Å². The summed E-state index contributed by atoms with van der Waals surface area (Å²) in [6.45, 7) is 10.9. The molecule has 5 aromatic carbocycles. The Hall–Kier alpha value is -4.43. The van der Waals surface area contributed by atoms with Crippen molar-refractivity contribution in [1.82, 2.24) is 0 Å². The van der Waals surface area contributed by atoms with Crippen LogP contribution in [0.1, 0.15) is 105 Å². The molecule has 0 fully saturated rings. The van der Waals surface area contributed by atoms with Crippen LogP contribution in [0.15, 0.2) is 97.1 Å². The fourth-order valence-corrected chi connectivity index (χ4v) is 10.2. The molecular weight excluding hydrogens is 755 g/mol. The van der Waals surface area contributed by atoms with Crippen LogP contribution >= 0.6 is 0 Å². The first-order chi connectivity index (χ1) is 29.7. The van der Waals surface area contributed by atoms with Gasteiger partial charge in [-0.25, -0.2) is 0 Å². The lowest BCUT2D eigenvalue weighted by atomic mass is 9.70. The second-order valence-corrected chi connectivity index (χ2v) is 17.7. The average molecular weight is 822 g/mol. The lowest BCUT2D eigenvalue weighted by molar-refractivity contribution is -0.117. The Morgan fingerprint density at radius 2 is 1.03 bits per heavy atom. The van der Waals surface area contributed by atoms with E-state index in [1.165, 1.54) is 77.9 Å². The van der Waals surface area contributed by atoms with E-state index in [9.17, 15) is 4.79 Å². The monoisotopic (exact) mass is 822 g/mol. The van der Waals surface area contributed by atoms with Crippen LogP contribution in [0.3, 0.4) is 0 Å². The van der Waals surface area contributed by atoms with E-state index in [1.54, 1.807) is 21.1 Å². The Labute approximate surface area is 365 Å². The Kier molecular flexibility index (Phi) is 15.1. The van der Waals surface area contributed by atoms with Gasteiger partial charge in [-0.1, -0.05) is 97.8 Å². The number of hydrogen-bond acceptors (Lipinski definition) is 6. The summed E-state index contributed by atoms with van der Waals surface area (Å²) in [5.74, 6) is 0.255. The van der Waals surface area contributed by atoms with Crippen molar-refractivity contribution in [3.05, 3.63) is 130 Å². The van der Waals surface area contributed by atoms with Gasteiger partial charge in [0.2, 0.25) is 0 Å². The number of unbranched alkanes of at least 4 members (excludes halogenated alkanes) is 1. The van der Waals surface area contributed by atoms with Crippen molar-refractivity contribution in [1.29, 1.82) is 0 Å². The number of carbonyl (C=O) groups excluding carboxylic acids is 1. The third-order valence-electron chi connectivity index (χ3n) is 13.4. The first-order valence-electron chi connectivity index (χ1n) is 22.7. The van der Waals surface area contributed by atoms with E-state index in [4.69, 9.17) is 24.7 Å². The molecule has 0 aromatic heterocycles. The number of hydrogen-bond donors (Lipinski definition) is 1. The summed E-state index contributed by atoms with van der Waals surface area (Å²) in [7, 11) is 3.45. The number of rotatable bonds is 24. The zero-order chi connectivity index (χ0) is 42.8. The van der Waals surface area contributed by atoms with Gasteiger partial charge in [-0.2, -0.15) is 0 Å². The molecule has 2 aliphatic rings. The first kappa shape index (κ1) is 44.6. The Morgan fingerprint density at radius 3 is 1.57 bits per heavy atom. The van der Waals surface area contributed by atoms with Crippen molar-refractivity contribution >= 4 is 5.78 Å². The Morgan fingerprint density at radius 1 is 0.541 bits per heavy atom. The van der Waals surface area contributed by atoms with Crippen molar-refractivity contribution in [2.45, 2.75) is 95.8 Å². The average Bonchev–Trinajstić information content (AvgIpc) is 3.67. The van der Waals surface area contributed by atoms with Gasteiger partial charge in [-0.3, -0.25) is 0 Å². The third kappa shape index (κ3) is 9.80. The van der Waals surface area contributed by atoms with Gasteiger partial charge in [0, 0.05) is 44.7 Å². The summed E-state index contributed by atoms with van der Waals surface area (Å²) in [5, 5.41) is 0. The number of nitrogens with two attached hydrogens (primary N) is 1. The van der Waals surface area contributed by atoms with Gasteiger partial charge >= 0.3 is 0 Å². The molecule has 61 heavy (non-hydrogen) atoms. The van der Waals surface area contributed by atoms with Gasteiger partial charge in [-0.05, 0) is 162 Å². The second-order valence-electron chi connectivity index (χ2n) is 17.7.